The quantitative estimate of drug-likeness (QED) is 0.820. The van der Waals surface area contributed by atoms with Crippen molar-refractivity contribution in [3.63, 3.8) is 0 Å². The summed E-state index contributed by atoms with van der Waals surface area (Å²) in [5.41, 5.74) is 1.08. The van der Waals surface area contributed by atoms with E-state index in [1.165, 1.54) is 0 Å². The third-order valence-corrected chi connectivity index (χ3v) is 5.12. The fraction of sp³-hybridized carbons (Fsp3) is 0.588. The lowest BCUT2D eigenvalue weighted by molar-refractivity contribution is 0.0488. The minimum Gasteiger partial charge on any atom is -0.383 e. The molecule has 1 heterocycles. The number of aliphatic hydroxyl groups is 1. The first-order valence-electron chi connectivity index (χ1n) is 7.85. The summed E-state index contributed by atoms with van der Waals surface area (Å²) in [4.78, 5) is 13.9. The molecule has 1 aromatic rings. The molecule has 2 N–H and O–H groups in total. The summed E-state index contributed by atoms with van der Waals surface area (Å²) in [6, 6.07) is 7.78. The molecular weight excluding hydrogens is 296 g/mol. The highest BCUT2D eigenvalue weighted by molar-refractivity contribution is 7.99. The smallest absolute Gasteiger partial charge is 0.317 e. The monoisotopic (exact) mass is 322 g/mol. The van der Waals surface area contributed by atoms with Crippen LogP contribution in [0, 0.1) is 6.92 Å². The second kappa shape index (κ2) is 7.38. The number of β-amino-alcohol motifs (C(OH)–C–C–N with tert-alkyl or cyclic N) is 1. The van der Waals surface area contributed by atoms with Gasteiger partial charge >= 0.3 is 6.03 Å². The highest BCUT2D eigenvalue weighted by Gasteiger charge is 2.40. The number of nitrogens with zero attached hydrogens (tertiary/aromatic N) is 1. The summed E-state index contributed by atoms with van der Waals surface area (Å²) >= 11 is 1.83. The Bertz CT molecular complexity index is 521. The third kappa shape index (κ3) is 4.17. The molecule has 5 heteroatoms. The fourth-order valence-electron chi connectivity index (χ4n) is 2.85. The molecule has 0 unspecified atom stereocenters. The minimum atomic E-state index is -0.921. The van der Waals surface area contributed by atoms with Crippen LogP contribution in [0.3, 0.4) is 0 Å². The van der Waals surface area contributed by atoms with Gasteiger partial charge in [0.05, 0.1) is 6.54 Å². The maximum absolute atomic E-state index is 12.2. The molecule has 2 amide bonds. The SMILES string of the molecule is Cc1ccccc1[C@@]1(O)CCN(C(=O)NCCSC(C)C)C1. The minimum absolute atomic E-state index is 0.0751. The van der Waals surface area contributed by atoms with Crippen LogP contribution in [-0.4, -0.2) is 46.7 Å². The molecule has 122 valence electrons. The predicted octanol–water partition coefficient (Wildman–Crippen LogP) is 2.74. The van der Waals surface area contributed by atoms with Crippen LogP contribution in [0.5, 0.6) is 0 Å². The van der Waals surface area contributed by atoms with E-state index in [0.717, 1.165) is 16.9 Å². The van der Waals surface area contributed by atoms with Crippen molar-refractivity contribution in [2.45, 2.75) is 38.0 Å². The van der Waals surface area contributed by atoms with Gasteiger partial charge in [0, 0.05) is 18.8 Å². The van der Waals surface area contributed by atoms with E-state index in [-0.39, 0.29) is 6.03 Å². The Kier molecular flexibility index (Phi) is 5.75. The number of aryl methyl sites for hydroxylation is 1. The largest absolute Gasteiger partial charge is 0.383 e. The third-order valence-electron chi connectivity index (χ3n) is 4.01. The Balaban J connectivity index is 1.89. The summed E-state index contributed by atoms with van der Waals surface area (Å²) < 4.78 is 0. The highest BCUT2D eigenvalue weighted by atomic mass is 32.2. The number of hydrogen-bond donors (Lipinski definition) is 2. The zero-order chi connectivity index (χ0) is 16.2. The van der Waals surface area contributed by atoms with E-state index >= 15 is 0 Å². The lowest BCUT2D eigenvalue weighted by atomic mass is 9.89. The van der Waals surface area contributed by atoms with E-state index in [4.69, 9.17) is 0 Å². The number of amides is 2. The number of benzene rings is 1. The van der Waals surface area contributed by atoms with Crippen molar-refractivity contribution in [2.24, 2.45) is 0 Å². The van der Waals surface area contributed by atoms with Crippen molar-refractivity contribution in [3.8, 4) is 0 Å². The molecule has 1 atom stereocenters. The van der Waals surface area contributed by atoms with Gasteiger partial charge in [-0.3, -0.25) is 0 Å². The number of carbonyl (C=O) groups is 1. The van der Waals surface area contributed by atoms with Gasteiger partial charge in [0.25, 0.3) is 0 Å². The molecule has 1 aliphatic heterocycles. The van der Waals surface area contributed by atoms with Crippen LogP contribution in [0.1, 0.15) is 31.4 Å². The van der Waals surface area contributed by atoms with E-state index in [1.807, 2.05) is 43.0 Å². The van der Waals surface area contributed by atoms with Crippen molar-refractivity contribution in [2.75, 3.05) is 25.4 Å². The predicted molar refractivity (Wildman–Crippen MR) is 92.3 cm³/mol. The van der Waals surface area contributed by atoms with E-state index in [9.17, 15) is 9.90 Å². The molecular formula is C17H26N2O2S. The number of carbonyl (C=O) groups excluding carboxylic acids is 1. The summed E-state index contributed by atoms with van der Waals surface area (Å²) in [5, 5.41) is 14.4. The van der Waals surface area contributed by atoms with Gasteiger partial charge < -0.3 is 15.3 Å². The van der Waals surface area contributed by atoms with Gasteiger partial charge in [-0.1, -0.05) is 38.1 Å². The van der Waals surface area contributed by atoms with E-state index < -0.39 is 5.60 Å². The molecule has 0 saturated carbocycles. The lowest BCUT2D eigenvalue weighted by Gasteiger charge is -2.25. The Hall–Kier alpha value is -1.20. The Morgan fingerprint density at radius 2 is 2.18 bits per heavy atom. The molecule has 0 aliphatic carbocycles. The van der Waals surface area contributed by atoms with E-state index in [0.29, 0.717) is 31.3 Å². The number of likely N-dealkylation sites (tertiary alicyclic amines) is 1. The van der Waals surface area contributed by atoms with Gasteiger partial charge in [0.2, 0.25) is 0 Å². The van der Waals surface area contributed by atoms with E-state index in [1.54, 1.807) is 4.90 Å². The molecule has 1 aromatic carbocycles. The van der Waals surface area contributed by atoms with Crippen molar-refractivity contribution < 1.29 is 9.90 Å². The van der Waals surface area contributed by atoms with Gasteiger partial charge in [-0.25, -0.2) is 4.79 Å². The van der Waals surface area contributed by atoms with Crippen molar-refractivity contribution >= 4 is 17.8 Å². The number of nitrogens with one attached hydrogen (secondary N) is 1. The average molecular weight is 322 g/mol. The van der Waals surface area contributed by atoms with E-state index in [2.05, 4.69) is 19.2 Å². The average Bonchev–Trinajstić information content (AvgIpc) is 2.87. The molecule has 0 aromatic heterocycles. The van der Waals surface area contributed by atoms with Gasteiger partial charge in [0.1, 0.15) is 5.60 Å². The molecule has 1 saturated heterocycles. The number of hydrogen-bond acceptors (Lipinski definition) is 3. The van der Waals surface area contributed by atoms with Crippen LogP contribution in [0.4, 0.5) is 4.79 Å². The molecule has 1 fully saturated rings. The zero-order valence-corrected chi connectivity index (χ0v) is 14.4. The standard InChI is InChI=1S/C17H26N2O2S/c1-13(2)22-11-9-18-16(20)19-10-8-17(21,12-19)15-7-5-4-6-14(15)3/h4-7,13,21H,8-12H2,1-3H3,(H,18,20)/t17-/m1/s1. The normalized spacial score (nSPS) is 21.4. The maximum atomic E-state index is 12.2. The van der Waals surface area contributed by atoms with Crippen LogP contribution in [0.2, 0.25) is 0 Å². The fourth-order valence-corrected chi connectivity index (χ4v) is 3.54. The Labute approximate surface area is 137 Å². The Morgan fingerprint density at radius 1 is 1.45 bits per heavy atom. The lowest BCUT2D eigenvalue weighted by Crippen LogP contribution is -2.41. The number of urea groups is 1. The summed E-state index contributed by atoms with van der Waals surface area (Å²) in [6.07, 6.45) is 0.589. The topological polar surface area (TPSA) is 52.6 Å². The maximum Gasteiger partial charge on any atom is 0.317 e. The summed E-state index contributed by atoms with van der Waals surface area (Å²) in [7, 11) is 0. The molecule has 4 nitrogen and oxygen atoms in total. The summed E-state index contributed by atoms with van der Waals surface area (Å²) in [5.74, 6) is 0.916. The number of rotatable bonds is 5. The van der Waals surface area contributed by atoms with Gasteiger partial charge in [-0.15, -0.1) is 0 Å². The van der Waals surface area contributed by atoms with Gasteiger partial charge in [0.15, 0.2) is 0 Å². The van der Waals surface area contributed by atoms with Crippen molar-refractivity contribution in [3.05, 3.63) is 35.4 Å². The van der Waals surface area contributed by atoms with Crippen LogP contribution in [0.15, 0.2) is 24.3 Å². The van der Waals surface area contributed by atoms with Gasteiger partial charge in [-0.05, 0) is 29.7 Å². The molecule has 1 aliphatic rings. The second-order valence-electron chi connectivity index (χ2n) is 6.17. The molecule has 0 spiro atoms. The highest BCUT2D eigenvalue weighted by Crippen LogP contribution is 2.33. The van der Waals surface area contributed by atoms with Crippen LogP contribution in [0.25, 0.3) is 0 Å². The van der Waals surface area contributed by atoms with Crippen molar-refractivity contribution in [1.82, 2.24) is 10.2 Å². The molecule has 0 radical (unpaired) electrons. The van der Waals surface area contributed by atoms with Crippen LogP contribution < -0.4 is 5.32 Å². The number of thioether (sulfide) groups is 1. The first-order valence-corrected chi connectivity index (χ1v) is 8.90. The Morgan fingerprint density at radius 3 is 2.86 bits per heavy atom. The van der Waals surface area contributed by atoms with Gasteiger partial charge in [-0.2, -0.15) is 11.8 Å². The zero-order valence-electron chi connectivity index (χ0n) is 13.6. The van der Waals surface area contributed by atoms with Crippen molar-refractivity contribution in [1.29, 1.82) is 0 Å². The molecule has 0 bridgehead atoms. The second-order valence-corrected chi connectivity index (χ2v) is 7.85. The molecule has 22 heavy (non-hydrogen) atoms. The summed E-state index contributed by atoms with van der Waals surface area (Å²) in [6.45, 7) is 7.92. The first-order chi connectivity index (χ1) is 10.4. The van der Waals surface area contributed by atoms with Crippen LogP contribution >= 0.6 is 11.8 Å². The van der Waals surface area contributed by atoms with Crippen LogP contribution in [-0.2, 0) is 5.60 Å². The molecule has 2 rings (SSSR count). The first kappa shape index (κ1) is 17.2.